The molecule has 7 heteroatoms. The Kier molecular flexibility index (Phi) is 2.98. The first kappa shape index (κ1) is 11.5. The number of aromatic nitrogens is 3. The molecule has 0 N–H and O–H groups in total. The second-order valence-corrected chi connectivity index (χ2v) is 6.14. The van der Waals surface area contributed by atoms with Crippen LogP contribution in [-0.4, -0.2) is 22.6 Å². The van der Waals surface area contributed by atoms with Gasteiger partial charge < -0.3 is 0 Å². The second-order valence-electron chi connectivity index (χ2n) is 3.18. The molecular formula is C9H8IN3O2S. The summed E-state index contributed by atoms with van der Waals surface area (Å²) in [5, 5.41) is 3.63. The van der Waals surface area contributed by atoms with E-state index in [1.807, 2.05) is 6.92 Å². The molecule has 16 heavy (non-hydrogen) atoms. The minimum absolute atomic E-state index is 0.218. The molecule has 2 aromatic rings. The van der Waals surface area contributed by atoms with E-state index in [0.29, 0.717) is 0 Å². The summed E-state index contributed by atoms with van der Waals surface area (Å²) < 4.78 is 25.9. The van der Waals surface area contributed by atoms with E-state index < -0.39 is 10.0 Å². The van der Waals surface area contributed by atoms with Gasteiger partial charge in [0, 0.05) is 3.57 Å². The van der Waals surface area contributed by atoms with Crippen molar-refractivity contribution in [3.05, 3.63) is 40.0 Å². The highest BCUT2D eigenvalue weighted by molar-refractivity contribution is 14.1. The third kappa shape index (κ3) is 1.96. The molecule has 0 aliphatic heterocycles. The van der Waals surface area contributed by atoms with Crippen LogP contribution in [0.25, 0.3) is 0 Å². The van der Waals surface area contributed by atoms with Gasteiger partial charge in [0.05, 0.1) is 4.90 Å². The molecule has 0 fully saturated rings. The number of halogens is 1. The Morgan fingerprint density at radius 2 is 2.12 bits per heavy atom. The summed E-state index contributed by atoms with van der Waals surface area (Å²) in [5.41, 5.74) is 0.918. The number of benzene rings is 1. The molecule has 0 aliphatic rings. The summed E-state index contributed by atoms with van der Waals surface area (Å²) in [7, 11) is -3.60. The van der Waals surface area contributed by atoms with E-state index in [-0.39, 0.29) is 4.90 Å². The summed E-state index contributed by atoms with van der Waals surface area (Å²) in [6.45, 7) is 1.86. The minimum Gasteiger partial charge on any atom is -0.222 e. The van der Waals surface area contributed by atoms with E-state index in [1.165, 1.54) is 12.7 Å². The lowest BCUT2D eigenvalue weighted by atomic mass is 10.2. The highest BCUT2D eigenvalue weighted by atomic mass is 127. The number of hydrogen-bond donors (Lipinski definition) is 0. The van der Waals surface area contributed by atoms with Crippen LogP contribution in [0.5, 0.6) is 0 Å². The molecule has 0 amide bonds. The molecular weight excluding hydrogens is 341 g/mol. The molecule has 0 radical (unpaired) electrons. The van der Waals surface area contributed by atoms with Crippen LogP contribution in [-0.2, 0) is 10.0 Å². The molecule has 0 saturated carbocycles. The highest BCUT2D eigenvalue weighted by Gasteiger charge is 2.17. The maximum Gasteiger partial charge on any atom is 0.284 e. The molecule has 0 atom stereocenters. The summed E-state index contributed by atoms with van der Waals surface area (Å²) in [6, 6.07) is 4.95. The Bertz CT molecular complexity index is 608. The van der Waals surface area contributed by atoms with Crippen LogP contribution in [0.3, 0.4) is 0 Å². The molecule has 0 unspecified atom stereocenters. The average Bonchev–Trinajstić information content (AvgIpc) is 2.75. The third-order valence-electron chi connectivity index (χ3n) is 2.07. The van der Waals surface area contributed by atoms with Crippen LogP contribution in [0.1, 0.15) is 5.56 Å². The first-order chi connectivity index (χ1) is 7.51. The number of rotatable bonds is 2. The molecule has 0 bridgehead atoms. The third-order valence-corrected chi connectivity index (χ3v) is 4.81. The van der Waals surface area contributed by atoms with Crippen molar-refractivity contribution in [1.29, 1.82) is 0 Å². The first-order valence-electron chi connectivity index (χ1n) is 4.38. The van der Waals surface area contributed by atoms with Crippen LogP contribution in [0.2, 0.25) is 0 Å². The van der Waals surface area contributed by atoms with Crippen LogP contribution in [0, 0.1) is 10.5 Å². The van der Waals surface area contributed by atoms with Crippen molar-refractivity contribution in [1.82, 2.24) is 14.2 Å². The van der Waals surface area contributed by atoms with E-state index in [1.54, 1.807) is 18.2 Å². The standard InChI is InChI=1S/C9H8IN3O2S/c1-7-4-8(2-3-9(7)10)16(14,15)13-6-11-5-12-13/h2-6H,1H3. The molecule has 2 rings (SSSR count). The normalized spacial score (nSPS) is 11.6. The van der Waals surface area contributed by atoms with Gasteiger partial charge >= 0.3 is 0 Å². The SMILES string of the molecule is Cc1cc(S(=O)(=O)n2cncn2)ccc1I. The van der Waals surface area contributed by atoms with Crippen molar-refractivity contribution in [3.63, 3.8) is 0 Å². The van der Waals surface area contributed by atoms with E-state index in [4.69, 9.17) is 0 Å². The summed E-state index contributed by atoms with van der Waals surface area (Å²) in [4.78, 5) is 3.84. The van der Waals surface area contributed by atoms with Crippen molar-refractivity contribution in [2.24, 2.45) is 0 Å². The van der Waals surface area contributed by atoms with Crippen molar-refractivity contribution in [3.8, 4) is 0 Å². The molecule has 84 valence electrons. The predicted octanol–water partition coefficient (Wildman–Crippen LogP) is 1.43. The largest absolute Gasteiger partial charge is 0.284 e. The maximum absolute atomic E-state index is 12.0. The molecule has 1 aromatic carbocycles. The molecule has 0 aliphatic carbocycles. The Morgan fingerprint density at radius 3 is 2.69 bits per heavy atom. The Morgan fingerprint density at radius 1 is 1.38 bits per heavy atom. The van der Waals surface area contributed by atoms with E-state index in [9.17, 15) is 8.42 Å². The van der Waals surface area contributed by atoms with Gasteiger partial charge in [-0.2, -0.15) is 8.42 Å². The van der Waals surface area contributed by atoms with E-state index in [2.05, 4.69) is 32.7 Å². The summed E-state index contributed by atoms with van der Waals surface area (Å²) in [5.74, 6) is 0. The number of hydrogen-bond acceptors (Lipinski definition) is 4. The topological polar surface area (TPSA) is 64.8 Å². The van der Waals surface area contributed by atoms with Gasteiger partial charge in [-0.25, -0.2) is 4.98 Å². The lowest BCUT2D eigenvalue weighted by Gasteiger charge is -2.05. The maximum atomic E-state index is 12.0. The quantitative estimate of drug-likeness (QED) is 0.770. The van der Waals surface area contributed by atoms with Gasteiger partial charge in [-0.15, -0.1) is 9.19 Å². The second kappa shape index (κ2) is 4.13. The van der Waals surface area contributed by atoms with E-state index >= 15 is 0 Å². The number of nitrogens with zero attached hydrogens (tertiary/aromatic N) is 3. The predicted molar refractivity (Wildman–Crippen MR) is 66.5 cm³/mol. The van der Waals surface area contributed by atoms with Gasteiger partial charge in [-0.05, 0) is 53.3 Å². The van der Waals surface area contributed by atoms with E-state index in [0.717, 1.165) is 13.2 Å². The minimum atomic E-state index is -3.60. The average molecular weight is 349 g/mol. The fraction of sp³-hybridized carbons (Fsp3) is 0.111. The van der Waals surface area contributed by atoms with Crippen molar-refractivity contribution in [2.45, 2.75) is 11.8 Å². The van der Waals surface area contributed by atoms with Gasteiger partial charge in [0.2, 0.25) is 0 Å². The van der Waals surface area contributed by atoms with Crippen LogP contribution in [0.15, 0.2) is 35.7 Å². The molecule has 1 aromatic heterocycles. The number of aryl methyl sites for hydroxylation is 1. The molecule has 5 nitrogen and oxygen atoms in total. The van der Waals surface area contributed by atoms with Gasteiger partial charge in [0.15, 0.2) is 0 Å². The Balaban J connectivity index is 2.57. The van der Waals surface area contributed by atoms with Crippen molar-refractivity contribution in [2.75, 3.05) is 0 Å². The lowest BCUT2D eigenvalue weighted by molar-refractivity contribution is 0.580. The monoisotopic (exact) mass is 349 g/mol. The lowest BCUT2D eigenvalue weighted by Crippen LogP contribution is -2.13. The molecule has 0 spiro atoms. The smallest absolute Gasteiger partial charge is 0.222 e. The first-order valence-corrected chi connectivity index (χ1v) is 6.90. The van der Waals surface area contributed by atoms with Gasteiger partial charge in [0.25, 0.3) is 10.0 Å². The van der Waals surface area contributed by atoms with Crippen molar-refractivity contribution >= 4 is 32.6 Å². The van der Waals surface area contributed by atoms with Gasteiger partial charge in [-0.1, -0.05) is 0 Å². The van der Waals surface area contributed by atoms with Gasteiger partial charge in [0.1, 0.15) is 12.7 Å². The summed E-state index contributed by atoms with van der Waals surface area (Å²) >= 11 is 2.15. The van der Waals surface area contributed by atoms with Gasteiger partial charge in [-0.3, -0.25) is 0 Å². The Hall–Kier alpha value is -0.960. The fourth-order valence-electron chi connectivity index (χ4n) is 1.21. The van der Waals surface area contributed by atoms with Crippen molar-refractivity contribution < 1.29 is 8.42 Å². The molecule has 1 heterocycles. The van der Waals surface area contributed by atoms with Crippen LogP contribution in [0.4, 0.5) is 0 Å². The zero-order valence-electron chi connectivity index (χ0n) is 8.33. The molecule has 0 saturated heterocycles. The Labute approximate surface area is 107 Å². The highest BCUT2D eigenvalue weighted by Crippen LogP contribution is 2.18. The van der Waals surface area contributed by atoms with Crippen LogP contribution >= 0.6 is 22.6 Å². The van der Waals surface area contributed by atoms with Crippen LogP contribution < -0.4 is 0 Å². The fourth-order valence-corrected chi connectivity index (χ4v) is 2.67. The zero-order chi connectivity index (χ0) is 11.8. The summed E-state index contributed by atoms with van der Waals surface area (Å²) in [6.07, 6.45) is 2.36. The zero-order valence-corrected chi connectivity index (χ0v) is 11.3.